The number of hydrogen-bond donors (Lipinski definition) is 2. The van der Waals surface area contributed by atoms with Gasteiger partial charge in [-0.3, -0.25) is 9.89 Å². The number of nitrogens with zero attached hydrogens (tertiary/aromatic N) is 3. The van der Waals surface area contributed by atoms with E-state index < -0.39 is 0 Å². The van der Waals surface area contributed by atoms with Crippen LogP contribution < -0.4 is 15.4 Å². The molecule has 0 radical (unpaired) electrons. The van der Waals surface area contributed by atoms with Gasteiger partial charge in [-0.15, -0.1) is 24.0 Å². The van der Waals surface area contributed by atoms with Crippen LogP contribution in [0.1, 0.15) is 35.6 Å². The second kappa shape index (κ2) is 12.4. The maximum Gasteiger partial charge on any atom is 0.191 e. The van der Waals surface area contributed by atoms with Gasteiger partial charge < -0.3 is 15.4 Å². The van der Waals surface area contributed by atoms with Crippen molar-refractivity contribution in [2.24, 2.45) is 4.99 Å². The molecule has 0 aromatic heterocycles. The van der Waals surface area contributed by atoms with Crippen LogP contribution in [0.25, 0.3) is 0 Å². The van der Waals surface area contributed by atoms with E-state index in [0.29, 0.717) is 12.1 Å². The summed E-state index contributed by atoms with van der Waals surface area (Å²) in [6.45, 7) is 3.58. The largest absolute Gasteiger partial charge is 0.497 e. The zero-order valence-corrected chi connectivity index (χ0v) is 19.9. The quantitative estimate of drug-likeness (QED) is 0.332. The van der Waals surface area contributed by atoms with E-state index in [1.165, 1.54) is 18.4 Å². The van der Waals surface area contributed by atoms with Crippen LogP contribution in [0.3, 0.4) is 0 Å². The molecule has 1 heterocycles. The Balaban J connectivity index is 0.00000320. The maximum absolute atomic E-state index is 9.06. The number of rotatable bonds is 7. The third-order valence-corrected chi connectivity index (χ3v) is 5.26. The van der Waals surface area contributed by atoms with E-state index in [1.54, 1.807) is 14.2 Å². The summed E-state index contributed by atoms with van der Waals surface area (Å²) in [6.07, 6.45) is 2.48. The number of ether oxygens (including phenoxy) is 1. The van der Waals surface area contributed by atoms with Crippen molar-refractivity contribution in [2.45, 2.75) is 25.4 Å². The summed E-state index contributed by atoms with van der Waals surface area (Å²) in [4.78, 5) is 6.88. The lowest BCUT2D eigenvalue weighted by Crippen LogP contribution is -2.42. The molecule has 160 valence electrons. The molecule has 0 bridgehead atoms. The van der Waals surface area contributed by atoms with Gasteiger partial charge in [0.15, 0.2) is 5.96 Å². The first-order valence-electron chi connectivity index (χ1n) is 10.0. The first-order valence-corrected chi connectivity index (χ1v) is 10.0. The smallest absolute Gasteiger partial charge is 0.191 e. The summed E-state index contributed by atoms with van der Waals surface area (Å²) < 4.78 is 5.42. The van der Waals surface area contributed by atoms with Crippen molar-refractivity contribution in [3.63, 3.8) is 0 Å². The van der Waals surface area contributed by atoms with E-state index in [1.807, 2.05) is 36.4 Å². The molecule has 0 spiro atoms. The predicted molar refractivity (Wildman–Crippen MR) is 131 cm³/mol. The number of nitriles is 1. The minimum absolute atomic E-state index is 0. The summed E-state index contributed by atoms with van der Waals surface area (Å²) in [5.41, 5.74) is 2.96. The molecule has 0 saturated carbocycles. The molecular formula is C23H30IN5O. The normalized spacial score (nSPS) is 15.0. The highest BCUT2D eigenvalue weighted by Gasteiger charge is 2.24. The highest BCUT2D eigenvalue weighted by atomic mass is 127. The predicted octanol–water partition coefficient (Wildman–Crippen LogP) is 3.69. The molecule has 1 saturated heterocycles. The van der Waals surface area contributed by atoms with Gasteiger partial charge in [0.25, 0.3) is 0 Å². The van der Waals surface area contributed by atoms with Crippen molar-refractivity contribution in [1.82, 2.24) is 15.5 Å². The highest BCUT2D eigenvalue weighted by molar-refractivity contribution is 14.0. The lowest BCUT2D eigenvalue weighted by molar-refractivity contribution is 0.245. The number of likely N-dealkylation sites (tertiary alicyclic amines) is 1. The van der Waals surface area contributed by atoms with E-state index in [2.05, 4.69) is 38.7 Å². The standard InChI is InChI=1S/C23H29N5O.HI/c1-25-23(26-16-19-8-5-7-18(13-19)15-24)27-17-22(28-11-3-4-12-28)20-9-6-10-21(14-20)29-2;/h5-10,13-14,22H,3-4,11-12,16-17H2,1-2H3,(H2,25,26,27);1H. The van der Waals surface area contributed by atoms with Gasteiger partial charge in [-0.2, -0.15) is 5.26 Å². The first kappa shape index (κ1) is 24.0. The van der Waals surface area contributed by atoms with Gasteiger partial charge in [0.2, 0.25) is 0 Å². The van der Waals surface area contributed by atoms with E-state index >= 15 is 0 Å². The third kappa shape index (κ3) is 6.61. The molecule has 1 fully saturated rings. The van der Waals surface area contributed by atoms with Gasteiger partial charge >= 0.3 is 0 Å². The minimum Gasteiger partial charge on any atom is -0.497 e. The maximum atomic E-state index is 9.06. The van der Waals surface area contributed by atoms with Crippen LogP contribution >= 0.6 is 24.0 Å². The average molecular weight is 519 g/mol. The topological polar surface area (TPSA) is 72.7 Å². The number of benzene rings is 2. The average Bonchev–Trinajstić information content (AvgIpc) is 3.31. The lowest BCUT2D eigenvalue weighted by atomic mass is 10.1. The van der Waals surface area contributed by atoms with Crippen LogP contribution in [0.4, 0.5) is 0 Å². The van der Waals surface area contributed by atoms with E-state index in [9.17, 15) is 0 Å². The van der Waals surface area contributed by atoms with Gasteiger partial charge in [-0.05, 0) is 61.3 Å². The molecule has 1 aliphatic rings. The highest BCUT2D eigenvalue weighted by Crippen LogP contribution is 2.27. The molecule has 7 heteroatoms. The fourth-order valence-corrected chi connectivity index (χ4v) is 3.71. The van der Waals surface area contributed by atoms with Gasteiger partial charge in [-0.25, -0.2) is 0 Å². The van der Waals surface area contributed by atoms with Crippen LogP contribution in [0.5, 0.6) is 5.75 Å². The Morgan fingerprint density at radius 1 is 1.17 bits per heavy atom. The summed E-state index contributed by atoms with van der Waals surface area (Å²) in [5.74, 6) is 1.63. The summed E-state index contributed by atoms with van der Waals surface area (Å²) >= 11 is 0. The molecule has 1 aliphatic heterocycles. The fourth-order valence-electron chi connectivity index (χ4n) is 3.71. The molecule has 0 amide bonds. The Morgan fingerprint density at radius 2 is 1.93 bits per heavy atom. The zero-order valence-electron chi connectivity index (χ0n) is 17.6. The second-order valence-corrected chi connectivity index (χ2v) is 7.15. The monoisotopic (exact) mass is 519 g/mol. The molecule has 6 nitrogen and oxygen atoms in total. The molecule has 2 aromatic rings. The summed E-state index contributed by atoms with van der Waals surface area (Å²) in [6, 6.07) is 18.4. The number of guanidine groups is 1. The van der Waals surface area contributed by atoms with Crippen molar-refractivity contribution in [3.05, 3.63) is 65.2 Å². The Kier molecular flexibility index (Phi) is 9.91. The Labute approximate surface area is 196 Å². The number of methoxy groups -OCH3 is 1. The van der Waals surface area contributed by atoms with Crippen LogP contribution in [0.2, 0.25) is 0 Å². The van der Waals surface area contributed by atoms with Crippen molar-refractivity contribution in [2.75, 3.05) is 33.8 Å². The van der Waals surface area contributed by atoms with Crippen molar-refractivity contribution in [1.29, 1.82) is 5.26 Å². The molecule has 3 rings (SSSR count). The Hall–Kier alpha value is -2.31. The summed E-state index contributed by atoms with van der Waals surface area (Å²) in [5, 5.41) is 15.9. The first-order chi connectivity index (χ1) is 14.2. The molecule has 2 N–H and O–H groups in total. The number of nitrogens with one attached hydrogen (secondary N) is 2. The minimum atomic E-state index is 0. The molecular weight excluding hydrogens is 489 g/mol. The molecule has 0 aliphatic carbocycles. The molecule has 30 heavy (non-hydrogen) atoms. The SMILES string of the molecule is CN=C(NCc1cccc(C#N)c1)NCC(c1cccc(OC)c1)N1CCCC1.I. The lowest BCUT2D eigenvalue weighted by Gasteiger charge is -2.29. The van der Waals surface area contributed by atoms with Crippen molar-refractivity contribution in [3.8, 4) is 11.8 Å². The van der Waals surface area contributed by atoms with Gasteiger partial charge in [0.1, 0.15) is 5.75 Å². The van der Waals surface area contributed by atoms with Crippen LogP contribution in [0.15, 0.2) is 53.5 Å². The number of aliphatic imine (C=N–C) groups is 1. The van der Waals surface area contributed by atoms with Crippen LogP contribution in [0, 0.1) is 11.3 Å². The summed E-state index contributed by atoms with van der Waals surface area (Å²) in [7, 11) is 3.48. The van der Waals surface area contributed by atoms with Crippen molar-refractivity contribution >= 4 is 29.9 Å². The fraction of sp³-hybridized carbons (Fsp3) is 0.391. The molecule has 1 atom stereocenters. The Bertz CT molecular complexity index is 874. The van der Waals surface area contributed by atoms with Crippen molar-refractivity contribution < 1.29 is 4.74 Å². The van der Waals surface area contributed by atoms with Crippen LogP contribution in [-0.2, 0) is 6.54 Å². The second-order valence-electron chi connectivity index (χ2n) is 7.15. The van der Waals surface area contributed by atoms with Gasteiger partial charge in [0.05, 0.1) is 24.8 Å². The Morgan fingerprint density at radius 3 is 2.63 bits per heavy atom. The molecule has 1 unspecified atom stereocenters. The van der Waals surface area contributed by atoms with E-state index in [-0.39, 0.29) is 30.0 Å². The number of halogens is 1. The van der Waals surface area contributed by atoms with E-state index in [0.717, 1.165) is 36.9 Å². The van der Waals surface area contributed by atoms with Gasteiger partial charge in [0, 0.05) is 20.1 Å². The molecule has 2 aromatic carbocycles. The van der Waals surface area contributed by atoms with Crippen LogP contribution in [-0.4, -0.2) is 44.7 Å². The third-order valence-electron chi connectivity index (χ3n) is 5.26. The van der Waals surface area contributed by atoms with Gasteiger partial charge in [-0.1, -0.05) is 24.3 Å². The number of hydrogen-bond acceptors (Lipinski definition) is 4. The zero-order chi connectivity index (χ0) is 20.5. The van der Waals surface area contributed by atoms with E-state index in [4.69, 9.17) is 10.00 Å².